The number of benzene rings is 7. The lowest BCUT2D eigenvalue weighted by molar-refractivity contribution is 0.661. The van der Waals surface area contributed by atoms with E-state index in [1.54, 1.807) is 0 Å². The van der Waals surface area contributed by atoms with Crippen LogP contribution in [0.4, 0.5) is 0 Å². The van der Waals surface area contributed by atoms with Crippen LogP contribution in [0.3, 0.4) is 0 Å². The number of thiophene rings is 1. The van der Waals surface area contributed by atoms with E-state index in [0.717, 1.165) is 33.7 Å². The van der Waals surface area contributed by atoms with Gasteiger partial charge >= 0.3 is 0 Å². The van der Waals surface area contributed by atoms with E-state index in [2.05, 4.69) is 158 Å². The molecule has 3 nitrogen and oxygen atoms in total. The SMILES string of the molecule is CC1(C)c2cc(-c3cccc4c3sc3ccccc34)ccc2-c2cc3c(cc21)c1ccccc1n3-c1cc(-c2ccccc2)nc(-c2ccccc2)n1. The first-order valence-corrected chi connectivity index (χ1v) is 19.0. The van der Waals surface area contributed by atoms with Gasteiger partial charge in [0.25, 0.3) is 0 Å². The molecule has 0 saturated heterocycles. The summed E-state index contributed by atoms with van der Waals surface area (Å²) in [5.74, 6) is 1.56. The van der Waals surface area contributed by atoms with Crippen LogP contribution < -0.4 is 0 Å². The molecular formula is C49H33N3S. The van der Waals surface area contributed by atoms with Crippen molar-refractivity contribution in [3.05, 3.63) is 175 Å². The minimum absolute atomic E-state index is 0.179. The molecule has 11 rings (SSSR count). The van der Waals surface area contributed by atoms with Gasteiger partial charge in [0.05, 0.1) is 16.7 Å². The highest BCUT2D eigenvalue weighted by atomic mass is 32.1. The normalized spacial score (nSPS) is 13.2. The molecule has 0 saturated carbocycles. The maximum absolute atomic E-state index is 5.28. The van der Waals surface area contributed by atoms with E-state index in [9.17, 15) is 0 Å². The summed E-state index contributed by atoms with van der Waals surface area (Å²) in [5, 5.41) is 5.11. The first kappa shape index (κ1) is 30.3. The Balaban J connectivity index is 1.13. The van der Waals surface area contributed by atoms with Crippen molar-refractivity contribution >= 4 is 53.3 Å². The summed E-state index contributed by atoms with van der Waals surface area (Å²) in [7, 11) is 0. The zero-order valence-electron chi connectivity index (χ0n) is 29.3. The van der Waals surface area contributed by atoms with Crippen LogP contribution in [0.2, 0.25) is 0 Å². The van der Waals surface area contributed by atoms with Gasteiger partial charge in [-0.1, -0.05) is 141 Å². The van der Waals surface area contributed by atoms with Crippen LogP contribution in [0.15, 0.2) is 164 Å². The highest BCUT2D eigenvalue weighted by Gasteiger charge is 2.37. The lowest BCUT2D eigenvalue weighted by Crippen LogP contribution is -2.15. The molecule has 0 unspecified atom stereocenters. The molecule has 1 aliphatic rings. The van der Waals surface area contributed by atoms with Gasteiger partial charge in [0.15, 0.2) is 5.82 Å². The molecule has 0 N–H and O–H groups in total. The second-order valence-corrected chi connectivity index (χ2v) is 15.7. The van der Waals surface area contributed by atoms with Crippen molar-refractivity contribution in [3.8, 4) is 50.7 Å². The van der Waals surface area contributed by atoms with Gasteiger partial charge in [-0.25, -0.2) is 9.97 Å². The van der Waals surface area contributed by atoms with E-state index in [1.807, 2.05) is 35.6 Å². The van der Waals surface area contributed by atoms with Crippen molar-refractivity contribution in [3.63, 3.8) is 0 Å². The van der Waals surface area contributed by atoms with Crippen LogP contribution in [-0.2, 0) is 5.41 Å². The fraction of sp³-hybridized carbons (Fsp3) is 0.0612. The first-order valence-electron chi connectivity index (χ1n) is 18.2. The molecule has 3 heterocycles. The molecule has 0 amide bonds. The average molecular weight is 696 g/mol. The Labute approximate surface area is 311 Å². The van der Waals surface area contributed by atoms with Gasteiger partial charge in [0.1, 0.15) is 5.82 Å². The average Bonchev–Trinajstić information content (AvgIpc) is 3.83. The molecule has 53 heavy (non-hydrogen) atoms. The lowest BCUT2D eigenvalue weighted by Gasteiger charge is -2.22. The van der Waals surface area contributed by atoms with E-state index in [-0.39, 0.29) is 5.41 Å². The van der Waals surface area contributed by atoms with Gasteiger partial charge in [0, 0.05) is 53.6 Å². The van der Waals surface area contributed by atoms with Crippen molar-refractivity contribution in [2.45, 2.75) is 19.3 Å². The van der Waals surface area contributed by atoms with E-state index < -0.39 is 0 Å². The summed E-state index contributed by atoms with van der Waals surface area (Å²) in [6, 6.07) is 59.1. The predicted octanol–water partition coefficient (Wildman–Crippen LogP) is 13.2. The van der Waals surface area contributed by atoms with E-state index in [0.29, 0.717) is 5.82 Å². The maximum atomic E-state index is 5.28. The smallest absolute Gasteiger partial charge is 0.162 e. The molecule has 7 aromatic carbocycles. The fourth-order valence-corrected chi connectivity index (χ4v) is 9.85. The largest absolute Gasteiger partial charge is 0.294 e. The summed E-state index contributed by atoms with van der Waals surface area (Å²) in [4.78, 5) is 10.4. The molecule has 10 aromatic rings. The fourth-order valence-electron chi connectivity index (χ4n) is 8.61. The zero-order valence-corrected chi connectivity index (χ0v) is 30.2. The molecule has 0 spiro atoms. The first-order chi connectivity index (χ1) is 26.0. The van der Waals surface area contributed by atoms with Gasteiger partial charge in [-0.3, -0.25) is 4.57 Å². The van der Waals surface area contributed by atoms with E-state index in [4.69, 9.17) is 9.97 Å². The van der Waals surface area contributed by atoms with Crippen molar-refractivity contribution in [2.24, 2.45) is 0 Å². The Hall–Kier alpha value is -6.36. The number of fused-ring (bicyclic) bond motifs is 9. The van der Waals surface area contributed by atoms with Crippen LogP contribution in [0.25, 0.3) is 92.7 Å². The Bertz CT molecular complexity index is 3020. The summed E-state index contributed by atoms with van der Waals surface area (Å²) in [6.45, 7) is 4.77. The minimum Gasteiger partial charge on any atom is -0.294 e. The minimum atomic E-state index is -0.179. The summed E-state index contributed by atoms with van der Waals surface area (Å²) in [5.41, 5.74) is 12.9. The third-order valence-electron chi connectivity index (χ3n) is 11.2. The van der Waals surface area contributed by atoms with Crippen LogP contribution >= 0.6 is 11.3 Å². The van der Waals surface area contributed by atoms with E-state index in [1.165, 1.54) is 64.3 Å². The molecule has 0 bridgehead atoms. The monoisotopic (exact) mass is 695 g/mol. The molecule has 250 valence electrons. The van der Waals surface area contributed by atoms with Crippen molar-refractivity contribution < 1.29 is 0 Å². The van der Waals surface area contributed by atoms with Crippen LogP contribution in [0.1, 0.15) is 25.0 Å². The van der Waals surface area contributed by atoms with Gasteiger partial charge in [-0.2, -0.15) is 0 Å². The Morgan fingerprint density at radius 1 is 0.472 bits per heavy atom. The molecule has 0 aliphatic heterocycles. The molecule has 4 heteroatoms. The highest BCUT2D eigenvalue weighted by molar-refractivity contribution is 7.26. The second-order valence-electron chi connectivity index (χ2n) is 14.6. The van der Waals surface area contributed by atoms with E-state index >= 15 is 0 Å². The maximum Gasteiger partial charge on any atom is 0.162 e. The molecule has 3 aromatic heterocycles. The summed E-state index contributed by atoms with van der Waals surface area (Å²) < 4.78 is 5.02. The van der Waals surface area contributed by atoms with Crippen molar-refractivity contribution in [1.82, 2.24) is 14.5 Å². The number of hydrogen-bond donors (Lipinski definition) is 0. The number of hydrogen-bond acceptors (Lipinski definition) is 3. The van der Waals surface area contributed by atoms with Gasteiger partial charge in [0.2, 0.25) is 0 Å². The third kappa shape index (κ3) is 4.52. The standard InChI is InChI=1S/C49H33N3S/c1-49(2)40-26-32(33-20-13-21-37-36-19-10-12-23-45(36)53-47(33)37)24-25-34(40)38-28-44-39(27-41(38)49)35-18-9-11-22-43(35)52(44)46-29-42(30-14-5-3-6-15-30)50-48(51-46)31-16-7-4-8-17-31/h3-29H,1-2H3. The van der Waals surface area contributed by atoms with Crippen LogP contribution in [0.5, 0.6) is 0 Å². The Kier molecular flexibility index (Phi) is 6.47. The quantitative estimate of drug-likeness (QED) is 0.183. The highest BCUT2D eigenvalue weighted by Crippen LogP contribution is 2.52. The van der Waals surface area contributed by atoms with Gasteiger partial charge in [-0.05, 0) is 63.7 Å². The molecule has 0 atom stereocenters. The zero-order chi connectivity index (χ0) is 35.3. The van der Waals surface area contributed by atoms with Crippen molar-refractivity contribution in [2.75, 3.05) is 0 Å². The summed E-state index contributed by atoms with van der Waals surface area (Å²) in [6.07, 6.45) is 0. The molecular weight excluding hydrogens is 663 g/mol. The lowest BCUT2D eigenvalue weighted by atomic mass is 9.81. The molecule has 0 radical (unpaired) electrons. The Morgan fingerprint density at radius 2 is 1.17 bits per heavy atom. The van der Waals surface area contributed by atoms with Gasteiger partial charge in [-0.15, -0.1) is 11.3 Å². The topological polar surface area (TPSA) is 30.7 Å². The second kappa shape index (κ2) is 11.3. The third-order valence-corrected chi connectivity index (χ3v) is 12.4. The number of rotatable bonds is 4. The van der Waals surface area contributed by atoms with Crippen LogP contribution in [0, 0.1) is 0 Å². The Morgan fingerprint density at radius 3 is 2.00 bits per heavy atom. The van der Waals surface area contributed by atoms with Gasteiger partial charge < -0.3 is 0 Å². The summed E-state index contributed by atoms with van der Waals surface area (Å²) >= 11 is 1.89. The number of para-hydroxylation sites is 1. The predicted molar refractivity (Wildman–Crippen MR) is 223 cm³/mol. The molecule has 1 aliphatic carbocycles. The number of aromatic nitrogens is 3. The number of nitrogens with zero attached hydrogens (tertiary/aromatic N) is 3. The van der Waals surface area contributed by atoms with Crippen LogP contribution in [-0.4, -0.2) is 14.5 Å². The molecule has 0 fully saturated rings. The van der Waals surface area contributed by atoms with Crippen molar-refractivity contribution in [1.29, 1.82) is 0 Å².